The van der Waals surface area contributed by atoms with Crippen LogP contribution in [0.25, 0.3) is 0 Å². The molecule has 1 aromatic heterocycles. The predicted octanol–water partition coefficient (Wildman–Crippen LogP) is 5.80. The molecule has 0 spiro atoms. The van der Waals surface area contributed by atoms with E-state index in [9.17, 15) is 4.79 Å². The third-order valence-corrected chi connectivity index (χ3v) is 6.63. The predicted molar refractivity (Wildman–Crippen MR) is 108 cm³/mol. The number of hydrogen-bond acceptors (Lipinski definition) is 4. The fourth-order valence-electron chi connectivity index (χ4n) is 3.97. The van der Waals surface area contributed by atoms with E-state index >= 15 is 0 Å². The zero-order chi connectivity index (χ0) is 18.2. The fraction of sp³-hybridized carbons (Fsp3) is 0.174. The largest absolute Gasteiger partial charge is 0.468 e. The molecule has 3 aromatic rings. The van der Waals surface area contributed by atoms with Gasteiger partial charge in [-0.25, -0.2) is 0 Å². The third kappa shape index (κ3) is 3.00. The van der Waals surface area contributed by atoms with Crippen molar-refractivity contribution in [3.8, 4) is 0 Å². The highest BCUT2D eigenvalue weighted by atomic mass is 32.2. The first-order chi connectivity index (χ1) is 13.3. The highest BCUT2D eigenvalue weighted by molar-refractivity contribution is 7.99. The van der Waals surface area contributed by atoms with Crippen molar-refractivity contribution in [3.63, 3.8) is 0 Å². The number of hydrogen-bond donors (Lipinski definition) is 1. The molecule has 2 aromatic carbocycles. The number of rotatable bonds is 2. The van der Waals surface area contributed by atoms with Crippen LogP contribution in [0.1, 0.15) is 28.9 Å². The van der Waals surface area contributed by atoms with Crippen LogP contribution in [0.5, 0.6) is 0 Å². The summed E-state index contributed by atoms with van der Waals surface area (Å²) in [6, 6.07) is 22.3. The highest BCUT2D eigenvalue weighted by Crippen LogP contribution is 2.51. The van der Waals surface area contributed by atoms with Crippen molar-refractivity contribution in [2.45, 2.75) is 22.5 Å². The zero-order valence-electron chi connectivity index (χ0n) is 14.7. The number of allylic oxidation sites excluding steroid dienone is 2. The van der Waals surface area contributed by atoms with E-state index in [1.165, 1.54) is 5.56 Å². The van der Waals surface area contributed by atoms with Crippen molar-refractivity contribution in [2.75, 3.05) is 5.32 Å². The number of para-hydroxylation sites is 1. The molecule has 0 unspecified atom stereocenters. The van der Waals surface area contributed by atoms with Crippen LogP contribution in [-0.4, -0.2) is 5.78 Å². The van der Waals surface area contributed by atoms with Crippen LogP contribution >= 0.6 is 11.8 Å². The summed E-state index contributed by atoms with van der Waals surface area (Å²) in [6.07, 6.45) is 4.44. The molecule has 1 aliphatic carbocycles. The molecule has 0 bridgehead atoms. The number of ketones is 1. The van der Waals surface area contributed by atoms with Gasteiger partial charge in [0.05, 0.1) is 23.1 Å². The van der Waals surface area contributed by atoms with Crippen LogP contribution < -0.4 is 5.32 Å². The van der Waals surface area contributed by atoms with Gasteiger partial charge in [0.15, 0.2) is 0 Å². The van der Waals surface area contributed by atoms with Gasteiger partial charge in [-0.05, 0) is 29.8 Å². The Bertz CT molecular complexity index is 994. The molecule has 3 nitrogen and oxygen atoms in total. The number of anilines is 1. The second kappa shape index (κ2) is 6.78. The molecule has 1 N–H and O–H groups in total. The second-order valence-electron chi connectivity index (χ2n) is 6.96. The summed E-state index contributed by atoms with van der Waals surface area (Å²) in [5.41, 5.74) is 3.21. The van der Waals surface area contributed by atoms with E-state index in [1.807, 2.05) is 42.5 Å². The van der Waals surface area contributed by atoms with Gasteiger partial charge >= 0.3 is 0 Å². The Labute approximate surface area is 162 Å². The molecule has 2 heterocycles. The Balaban J connectivity index is 1.63. The van der Waals surface area contributed by atoms with E-state index in [0.717, 1.165) is 22.0 Å². The molecule has 1 aliphatic heterocycles. The first kappa shape index (κ1) is 16.5. The van der Waals surface area contributed by atoms with Gasteiger partial charge in [0.1, 0.15) is 11.5 Å². The molecule has 0 saturated heterocycles. The van der Waals surface area contributed by atoms with Crippen molar-refractivity contribution >= 4 is 23.2 Å². The number of carbonyl (C=O) groups is 1. The summed E-state index contributed by atoms with van der Waals surface area (Å²) >= 11 is 1.70. The van der Waals surface area contributed by atoms with Crippen molar-refractivity contribution < 1.29 is 9.21 Å². The van der Waals surface area contributed by atoms with Crippen molar-refractivity contribution in [2.24, 2.45) is 5.92 Å². The van der Waals surface area contributed by atoms with Gasteiger partial charge in [0, 0.05) is 22.9 Å². The SMILES string of the molecule is O=C1C[C@@H](c2ccccc2)C=C2Nc3ccccc3S[C@@H](c3ccco3)[C@H]12. The van der Waals surface area contributed by atoms with Crippen molar-refractivity contribution in [1.82, 2.24) is 0 Å². The highest BCUT2D eigenvalue weighted by Gasteiger charge is 2.41. The molecule has 0 amide bonds. The summed E-state index contributed by atoms with van der Waals surface area (Å²) in [6.45, 7) is 0. The van der Waals surface area contributed by atoms with Crippen LogP contribution in [0.2, 0.25) is 0 Å². The van der Waals surface area contributed by atoms with Gasteiger partial charge < -0.3 is 9.73 Å². The van der Waals surface area contributed by atoms with Gasteiger partial charge in [-0.1, -0.05) is 48.5 Å². The van der Waals surface area contributed by atoms with Gasteiger partial charge in [0.25, 0.3) is 0 Å². The monoisotopic (exact) mass is 373 g/mol. The number of thioether (sulfide) groups is 1. The standard InChI is InChI=1S/C23H19NO2S/c25-19-14-16(15-7-2-1-3-8-15)13-18-22(19)23(20-10-6-12-26-20)27-21-11-5-4-9-17(21)24-18/h1-13,16,22-24H,14H2/t16-,22-,23-/m0/s1. The molecule has 134 valence electrons. The third-order valence-electron chi connectivity index (χ3n) is 5.26. The van der Waals surface area contributed by atoms with E-state index < -0.39 is 0 Å². The van der Waals surface area contributed by atoms with Gasteiger partial charge in [0.2, 0.25) is 0 Å². The average molecular weight is 373 g/mol. The van der Waals surface area contributed by atoms with E-state index in [-0.39, 0.29) is 22.9 Å². The lowest BCUT2D eigenvalue weighted by molar-refractivity contribution is -0.122. The maximum Gasteiger partial charge on any atom is 0.144 e. The fourth-order valence-corrected chi connectivity index (χ4v) is 5.33. The van der Waals surface area contributed by atoms with Gasteiger partial charge in [-0.2, -0.15) is 0 Å². The van der Waals surface area contributed by atoms with E-state index in [0.29, 0.717) is 6.42 Å². The van der Waals surface area contributed by atoms with Gasteiger partial charge in [-0.3, -0.25) is 4.79 Å². The first-order valence-electron chi connectivity index (χ1n) is 9.15. The molecule has 5 rings (SSSR count). The summed E-state index contributed by atoms with van der Waals surface area (Å²) in [5.74, 6) is 0.981. The summed E-state index contributed by atoms with van der Waals surface area (Å²) in [5, 5.41) is 3.50. The Morgan fingerprint density at radius 1 is 0.963 bits per heavy atom. The number of Topliss-reactive ketones (excluding diaryl/α,β-unsaturated/α-hetero) is 1. The lowest BCUT2D eigenvalue weighted by Crippen LogP contribution is -2.30. The normalized spacial score (nSPS) is 24.2. The topological polar surface area (TPSA) is 42.2 Å². The maximum atomic E-state index is 13.3. The zero-order valence-corrected chi connectivity index (χ0v) is 15.5. The lowest BCUT2D eigenvalue weighted by atomic mass is 9.79. The van der Waals surface area contributed by atoms with Crippen LogP contribution in [-0.2, 0) is 4.79 Å². The van der Waals surface area contributed by atoms with Crippen molar-refractivity contribution in [3.05, 3.63) is 96.1 Å². The molecule has 0 radical (unpaired) electrons. The van der Waals surface area contributed by atoms with Gasteiger partial charge in [-0.15, -0.1) is 11.8 Å². The molecule has 27 heavy (non-hydrogen) atoms. The Kier molecular flexibility index (Phi) is 4.13. The number of furan rings is 1. The molecular formula is C23H19NO2S. The van der Waals surface area contributed by atoms with Crippen molar-refractivity contribution in [1.29, 1.82) is 0 Å². The summed E-state index contributed by atoms with van der Waals surface area (Å²) < 4.78 is 5.72. The smallest absolute Gasteiger partial charge is 0.144 e. The van der Waals surface area contributed by atoms with Crippen LogP contribution in [0.3, 0.4) is 0 Å². The summed E-state index contributed by atoms with van der Waals surface area (Å²) in [4.78, 5) is 14.4. The molecule has 4 heteroatoms. The Morgan fingerprint density at radius 3 is 2.59 bits per heavy atom. The number of nitrogens with one attached hydrogen (secondary N) is 1. The minimum atomic E-state index is -0.228. The molecule has 2 aliphatic rings. The number of benzene rings is 2. The number of carbonyl (C=O) groups excluding carboxylic acids is 1. The second-order valence-corrected chi connectivity index (χ2v) is 8.15. The quantitative estimate of drug-likeness (QED) is 0.617. The average Bonchev–Trinajstić information content (AvgIpc) is 3.17. The first-order valence-corrected chi connectivity index (χ1v) is 10.0. The molecular weight excluding hydrogens is 354 g/mol. The van der Waals surface area contributed by atoms with Crippen LogP contribution in [0.15, 0.2) is 94.1 Å². The minimum absolute atomic E-state index is 0.0633. The lowest BCUT2D eigenvalue weighted by Gasteiger charge is -2.30. The molecule has 0 saturated carbocycles. The van der Waals surface area contributed by atoms with E-state index in [2.05, 4.69) is 35.7 Å². The Morgan fingerprint density at radius 2 is 1.78 bits per heavy atom. The summed E-state index contributed by atoms with van der Waals surface area (Å²) in [7, 11) is 0. The maximum absolute atomic E-state index is 13.3. The molecule has 0 fully saturated rings. The molecule has 3 atom stereocenters. The minimum Gasteiger partial charge on any atom is -0.468 e. The Hall–Kier alpha value is -2.72. The van der Waals surface area contributed by atoms with Crippen LogP contribution in [0.4, 0.5) is 5.69 Å². The van der Waals surface area contributed by atoms with E-state index in [4.69, 9.17) is 4.42 Å². The number of fused-ring (bicyclic) bond motifs is 2. The van der Waals surface area contributed by atoms with Crippen LogP contribution in [0, 0.1) is 5.92 Å². The van der Waals surface area contributed by atoms with E-state index in [1.54, 1.807) is 18.0 Å².